The van der Waals surface area contributed by atoms with E-state index >= 15 is 0 Å². The zero-order valence-electron chi connectivity index (χ0n) is 16.6. The van der Waals surface area contributed by atoms with Gasteiger partial charge in [-0.05, 0) is 35.7 Å². The molecule has 1 aliphatic rings. The van der Waals surface area contributed by atoms with E-state index in [1.165, 1.54) is 18.2 Å². The summed E-state index contributed by atoms with van der Waals surface area (Å²) < 4.78 is 0. The van der Waals surface area contributed by atoms with Crippen molar-refractivity contribution in [2.75, 3.05) is 5.32 Å². The van der Waals surface area contributed by atoms with Crippen LogP contribution in [0.1, 0.15) is 46.5 Å². The zero-order chi connectivity index (χ0) is 22.0. The topological polar surface area (TPSA) is 124 Å². The van der Waals surface area contributed by atoms with E-state index in [1.807, 2.05) is 6.92 Å². The van der Waals surface area contributed by atoms with Gasteiger partial charge in [0.05, 0.1) is 23.2 Å². The Labute approximate surface area is 173 Å². The lowest BCUT2D eigenvalue weighted by Crippen LogP contribution is -2.50. The number of carboxylic acid groups (broad SMARTS) is 1. The van der Waals surface area contributed by atoms with Crippen LogP contribution in [0.25, 0.3) is 0 Å². The molecule has 3 amide bonds. The average molecular weight is 410 g/mol. The van der Waals surface area contributed by atoms with Gasteiger partial charge in [-0.1, -0.05) is 38.5 Å². The Balaban J connectivity index is 1.93. The van der Waals surface area contributed by atoms with Crippen molar-refractivity contribution in [2.45, 2.75) is 32.7 Å². The molecule has 0 aromatic heterocycles. The molecule has 0 spiro atoms. The number of hydrogen-bond donors (Lipinski definition) is 3. The van der Waals surface area contributed by atoms with Gasteiger partial charge in [-0.2, -0.15) is 0 Å². The lowest BCUT2D eigenvalue weighted by molar-refractivity contribution is -0.136. The van der Waals surface area contributed by atoms with E-state index in [0.29, 0.717) is 12.0 Å². The molecule has 8 heteroatoms. The molecule has 3 N–H and O–H groups in total. The Morgan fingerprint density at radius 1 is 1.07 bits per heavy atom. The van der Waals surface area contributed by atoms with Gasteiger partial charge in [0.25, 0.3) is 11.8 Å². The number of carboxylic acids is 1. The maximum atomic E-state index is 13.1. The first-order valence-electron chi connectivity index (χ1n) is 9.56. The monoisotopic (exact) mass is 410 g/mol. The van der Waals surface area contributed by atoms with Crippen LogP contribution in [-0.2, 0) is 16.0 Å². The normalized spacial score (nSPS) is 14.9. The number of carbonyl (C=O) groups excluding carboxylic acids is 3. The number of phenolic OH excluding ortho intramolecular Hbond substituents is 1. The summed E-state index contributed by atoms with van der Waals surface area (Å²) >= 11 is 0. The first-order valence-corrected chi connectivity index (χ1v) is 9.56. The first-order chi connectivity index (χ1) is 14.2. The molecule has 30 heavy (non-hydrogen) atoms. The molecule has 0 bridgehead atoms. The number of fused-ring (bicyclic) bond motifs is 1. The lowest BCUT2D eigenvalue weighted by atomic mass is 9.96. The second-order valence-corrected chi connectivity index (χ2v) is 7.27. The SMILES string of the molecule is CCC(C)C(C(=O)Nc1cc(CC(=O)O)ccc1O)N1C(=O)c2ccccc2C1=O. The van der Waals surface area contributed by atoms with Crippen LogP contribution in [0.4, 0.5) is 5.69 Å². The fourth-order valence-electron chi connectivity index (χ4n) is 3.49. The van der Waals surface area contributed by atoms with Gasteiger partial charge < -0.3 is 15.5 Å². The van der Waals surface area contributed by atoms with Gasteiger partial charge >= 0.3 is 5.97 Å². The molecule has 1 aliphatic heterocycles. The van der Waals surface area contributed by atoms with Crippen LogP contribution in [-0.4, -0.2) is 44.8 Å². The van der Waals surface area contributed by atoms with E-state index in [2.05, 4.69) is 5.32 Å². The Morgan fingerprint density at radius 2 is 1.67 bits per heavy atom. The number of amides is 3. The highest BCUT2D eigenvalue weighted by Gasteiger charge is 2.44. The maximum absolute atomic E-state index is 13.1. The van der Waals surface area contributed by atoms with Crippen molar-refractivity contribution in [2.24, 2.45) is 5.92 Å². The molecular weight excluding hydrogens is 388 g/mol. The number of benzene rings is 2. The molecular formula is C22H22N2O6. The fourth-order valence-corrected chi connectivity index (χ4v) is 3.49. The van der Waals surface area contributed by atoms with Gasteiger partial charge in [0.2, 0.25) is 5.91 Å². The van der Waals surface area contributed by atoms with E-state index in [0.717, 1.165) is 4.90 Å². The second-order valence-electron chi connectivity index (χ2n) is 7.27. The van der Waals surface area contributed by atoms with Crippen molar-refractivity contribution >= 4 is 29.4 Å². The number of carbonyl (C=O) groups is 4. The lowest BCUT2D eigenvalue weighted by Gasteiger charge is -2.29. The Bertz CT molecular complexity index is 997. The summed E-state index contributed by atoms with van der Waals surface area (Å²) in [5.41, 5.74) is 0.893. The molecule has 2 unspecified atom stereocenters. The fraction of sp³-hybridized carbons (Fsp3) is 0.273. The van der Waals surface area contributed by atoms with Gasteiger partial charge in [-0.3, -0.25) is 24.1 Å². The molecule has 8 nitrogen and oxygen atoms in total. The average Bonchev–Trinajstić information content (AvgIpc) is 2.95. The first kappa shape index (κ1) is 21.0. The highest BCUT2D eigenvalue weighted by atomic mass is 16.4. The summed E-state index contributed by atoms with van der Waals surface area (Å²) in [6.07, 6.45) is 0.243. The van der Waals surface area contributed by atoms with Crippen LogP contribution in [0.15, 0.2) is 42.5 Å². The molecule has 1 heterocycles. The van der Waals surface area contributed by atoms with Crippen LogP contribution < -0.4 is 5.32 Å². The predicted octanol–water partition coefficient (Wildman–Crippen LogP) is 2.67. The second kappa shape index (κ2) is 8.36. The number of aromatic hydroxyl groups is 1. The van der Waals surface area contributed by atoms with Crippen molar-refractivity contribution in [3.63, 3.8) is 0 Å². The Morgan fingerprint density at radius 3 is 2.20 bits per heavy atom. The number of anilines is 1. The number of hydrogen-bond acceptors (Lipinski definition) is 5. The van der Waals surface area contributed by atoms with Crippen molar-refractivity contribution < 1.29 is 29.4 Å². The number of aliphatic carboxylic acids is 1. The van der Waals surface area contributed by atoms with Crippen LogP contribution >= 0.6 is 0 Å². The molecule has 2 aromatic rings. The van der Waals surface area contributed by atoms with Gasteiger partial charge in [-0.15, -0.1) is 0 Å². The largest absolute Gasteiger partial charge is 0.506 e. The molecule has 2 aromatic carbocycles. The van der Waals surface area contributed by atoms with Crippen LogP contribution in [0, 0.1) is 5.92 Å². The minimum absolute atomic E-state index is 0.0173. The van der Waals surface area contributed by atoms with E-state index in [1.54, 1.807) is 31.2 Å². The van der Waals surface area contributed by atoms with Crippen molar-refractivity contribution in [1.82, 2.24) is 4.90 Å². The van der Waals surface area contributed by atoms with Crippen molar-refractivity contribution in [3.05, 3.63) is 59.2 Å². The third-order valence-electron chi connectivity index (χ3n) is 5.23. The van der Waals surface area contributed by atoms with Crippen LogP contribution in [0.3, 0.4) is 0 Å². The number of rotatable bonds is 7. The van der Waals surface area contributed by atoms with Gasteiger partial charge in [0.15, 0.2) is 0 Å². The Kier molecular flexibility index (Phi) is 5.86. The summed E-state index contributed by atoms with van der Waals surface area (Å²) in [5.74, 6) is -3.37. The smallest absolute Gasteiger partial charge is 0.307 e. The van der Waals surface area contributed by atoms with E-state index in [4.69, 9.17) is 5.11 Å². The van der Waals surface area contributed by atoms with Gasteiger partial charge in [-0.25, -0.2) is 0 Å². The number of phenols is 1. The molecule has 0 fully saturated rings. The molecule has 3 rings (SSSR count). The summed E-state index contributed by atoms with van der Waals surface area (Å²) in [5, 5.41) is 21.6. The number of nitrogens with one attached hydrogen (secondary N) is 1. The quantitative estimate of drug-likeness (QED) is 0.476. The van der Waals surface area contributed by atoms with Crippen LogP contribution in [0.5, 0.6) is 5.75 Å². The number of imide groups is 1. The third-order valence-corrected chi connectivity index (χ3v) is 5.23. The van der Waals surface area contributed by atoms with Gasteiger partial charge in [0, 0.05) is 0 Å². The third kappa shape index (κ3) is 3.89. The van der Waals surface area contributed by atoms with E-state index in [9.17, 15) is 24.3 Å². The van der Waals surface area contributed by atoms with E-state index in [-0.39, 0.29) is 34.9 Å². The minimum Gasteiger partial charge on any atom is -0.506 e. The minimum atomic E-state index is -1.09. The standard InChI is InChI=1S/C22H22N2O6/c1-3-12(2)19(24-21(29)14-6-4-5-7-15(14)22(24)30)20(28)23-16-10-13(11-18(26)27)8-9-17(16)25/h4-10,12,19,25H,3,11H2,1-2H3,(H,23,28)(H,26,27). The molecule has 0 saturated carbocycles. The highest BCUT2D eigenvalue weighted by Crippen LogP contribution is 2.30. The zero-order valence-corrected chi connectivity index (χ0v) is 16.6. The summed E-state index contributed by atoms with van der Waals surface area (Å²) in [4.78, 5) is 50.8. The Hall–Kier alpha value is -3.68. The summed E-state index contributed by atoms with van der Waals surface area (Å²) in [7, 11) is 0. The number of nitrogens with zero attached hydrogens (tertiary/aromatic N) is 1. The molecule has 0 aliphatic carbocycles. The predicted molar refractivity (Wildman–Crippen MR) is 108 cm³/mol. The summed E-state index contributed by atoms with van der Waals surface area (Å²) in [6.45, 7) is 3.60. The van der Waals surface area contributed by atoms with Crippen molar-refractivity contribution in [3.8, 4) is 5.75 Å². The highest BCUT2D eigenvalue weighted by molar-refractivity contribution is 6.23. The molecule has 2 atom stereocenters. The molecule has 0 radical (unpaired) electrons. The molecule has 156 valence electrons. The van der Waals surface area contributed by atoms with E-state index < -0.39 is 29.7 Å². The van der Waals surface area contributed by atoms with Gasteiger partial charge in [0.1, 0.15) is 11.8 Å². The summed E-state index contributed by atoms with van der Waals surface area (Å²) in [6, 6.07) is 9.38. The molecule has 0 saturated heterocycles. The van der Waals surface area contributed by atoms with Crippen molar-refractivity contribution in [1.29, 1.82) is 0 Å². The van der Waals surface area contributed by atoms with Crippen LogP contribution in [0.2, 0.25) is 0 Å². The maximum Gasteiger partial charge on any atom is 0.307 e.